The standard InChI is InChI=1S/C19H12N2O/c1-2-6-12(7-3-1)14-10-20-19-17(14)18-15(11-21-19)13-8-4-5-9-16(13)22-18/h1-11H,(H,20,21). The monoisotopic (exact) mass is 284 g/mol. The summed E-state index contributed by atoms with van der Waals surface area (Å²) >= 11 is 0. The molecule has 3 heteroatoms. The van der Waals surface area contributed by atoms with Gasteiger partial charge < -0.3 is 9.40 Å². The number of hydrogen-bond donors (Lipinski definition) is 1. The van der Waals surface area contributed by atoms with Crippen LogP contribution in [0.15, 0.2) is 71.4 Å². The van der Waals surface area contributed by atoms with E-state index in [1.54, 1.807) is 0 Å². The van der Waals surface area contributed by atoms with E-state index in [0.717, 1.165) is 44.1 Å². The fraction of sp³-hybridized carbons (Fsp3) is 0. The first-order chi connectivity index (χ1) is 10.9. The summed E-state index contributed by atoms with van der Waals surface area (Å²) in [5.41, 5.74) is 4.92. The van der Waals surface area contributed by atoms with Crippen LogP contribution in [0.25, 0.3) is 44.1 Å². The van der Waals surface area contributed by atoms with Gasteiger partial charge in [-0.1, -0.05) is 48.5 Å². The minimum atomic E-state index is 0.852. The largest absolute Gasteiger partial charge is 0.455 e. The van der Waals surface area contributed by atoms with E-state index in [-0.39, 0.29) is 0 Å². The quantitative estimate of drug-likeness (QED) is 0.463. The second kappa shape index (κ2) is 4.21. The Bertz CT molecular complexity index is 1120. The third-order valence-corrected chi connectivity index (χ3v) is 4.13. The normalized spacial score (nSPS) is 11.6. The van der Waals surface area contributed by atoms with E-state index in [4.69, 9.17) is 4.42 Å². The first-order valence-corrected chi connectivity index (χ1v) is 7.24. The van der Waals surface area contributed by atoms with Gasteiger partial charge in [0, 0.05) is 28.7 Å². The van der Waals surface area contributed by atoms with E-state index < -0.39 is 0 Å². The maximum atomic E-state index is 6.13. The zero-order valence-electron chi connectivity index (χ0n) is 11.7. The van der Waals surface area contributed by atoms with Gasteiger partial charge in [-0.3, -0.25) is 0 Å². The third-order valence-electron chi connectivity index (χ3n) is 4.13. The lowest BCUT2D eigenvalue weighted by atomic mass is 10.0. The number of H-pyrrole nitrogens is 1. The molecule has 2 aromatic carbocycles. The lowest BCUT2D eigenvalue weighted by molar-refractivity contribution is 0.672. The number of pyridine rings is 1. The summed E-state index contributed by atoms with van der Waals surface area (Å²) < 4.78 is 6.13. The summed E-state index contributed by atoms with van der Waals surface area (Å²) in [5, 5.41) is 3.20. The van der Waals surface area contributed by atoms with Crippen molar-refractivity contribution in [2.45, 2.75) is 0 Å². The molecular weight excluding hydrogens is 272 g/mol. The molecule has 0 saturated carbocycles. The molecule has 0 spiro atoms. The Morgan fingerprint density at radius 2 is 1.68 bits per heavy atom. The lowest BCUT2D eigenvalue weighted by Gasteiger charge is -1.99. The number of nitrogens with one attached hydrogen (secondary N) is 1. The molecule has 104 valence electrons. The van der Waals surface area contributed by atoms with E-state index in [9.17, 15) is 0 Å². The van der Waals surface area contributed by atoms with Gasteiger partial charge in [0.2, 0.25) is 0 Å². The molecule has 3 heterocycles. The van der Waals surface area contributed by atoms with Crippen LogP contribution in [0.1, 0.15) is 0 Å². The van der Waals surface area contributed by atoms with Gasteiger partial charge in [0.05, 0.1) is 5.39 Å². The van der Waals surface area contributed by atoms with Gasteiger partial charge in [-0.2, -0.15) is 0 Å². The molecule has 0 aliphatic heterocycles. The van der Waals surface area contributed by atoms with Crippen molar-refractivity contribution in [2.24, 2.45) is 0 Å². The Balaban J connectivity index is 1.97. The van der Waals surface area contributed by atoms with Crippen molar-refractivity contribution >= 4 is 33.0 Å². The lowest BCUT2D eigenvalue weighted by Crippen LogP contribution is -1.78. The second-order valence-electron chi connectivity index (χ2n) is 5.39. The van der Waals surface area contributed by atoms with Crippen LogP contribution in [0, 0.1) is 0 Å². The smallest absolute Gasteiger partial charge is 0.148 e. The van der Waals surface area contributed by atoms with Crippen molar-refractivity contribution in [1.82, 2.24) is 9.97 Å². The molecule has 3 aromatic heterocycles. The maximum Gasteiger partial charge on any atom is 0.148 e. The molecule has 0 aliphatic carbocycles. The number of nitrogens with zero attached hydrogens (tertiary/aromatic N) is 1. The number of fused-ring (bicyclic) bond motifs is 5. The highest BCUT2D eigenvalue weighted by atomic mass is 16.3. The predicted octanol–water partition coefficient (Wildman–Crippen LogP) is 5.13. The Labute approximate surface area is 126 Å². The van der Waals surface area contributed by atoms with Crippen LogP contribution in [-0.2, 0) is 0 Å². The molecule has 0 aliphatic rings. The van der Waals surface area contributed by atoms with Gasteiger partial charge >= 0.3 is 0 Å². The number of furan rings is 1. The van der Waals surface area contributed by atoms with Gasteiger partial charge in [0.15, 0.2) is 0 Å². The van der Waals surface area contributed by atoms with Crippen LogP contribution in [0.2, 0.25) is 0 Å². The highest BCUT2D eigenvalue weighted by Gasteiger charge is 2.15. The summed E-state index contributed by atoms with van der Waals surface area (Å²) in [5.74, 6) is 0. The van der Waals surface area contributed by atoms with Crippen LogP contribution in [0.4, 0.5) is 0 Å². The molecule has 0 fully saturated rings. The number of hydrogen-bond acceptors (Lipinski definition) is 2. The first kappa shape index (κ1) is 11.6. The second-order valence-corrected chi connectivity index (χ2v) is 5.39. The van der Waals surface area contributed by atoms with Crippen LogP contribution in [-0.4, -0.2) is 9.97 Å². The molecule has 0 radical (unpaired) electrons. The van der Waals surface area contributed by atoms with Gasteiger partial charge in [-0.15, -0.1) is 0 Å². The third kappa shape index (κ3) is 1.48. The van der Waals surface area contributed by atoms with Crippen LogP contribution in [0.5, 0.6) is 0 Å². The average Bonchev–Trinajstić information content (AvgIpc) is 3.16. The predicted molar refractivity (Wildman–Crippen MR) is 88.8 cm³/mol. The van der Waals surface area contributed by atoms with Gasteiger partial charge in [-0.25, -0.2) is 4.98 Å². The van der Waals surface area contributed by atoms with E-state index in [1.807, 2.05) is 48.8 Å². The molecule has 0 saturated heterocycles. The van der Waals surface area contributed by atoms with Crippen molar-refractivity contribution in [3.8, 4) is 11.1 Å². The fourth-order valence-electron chi connectivity index (χ4n) is 3.10. The molecule has 1 N–H and O–H groups in total. The van der Waals surface area contributed by atoms with Crippen molar-refractivity contribution < 1.29 is 4.42 Å². The van der Waals surface area contributed by atoms with Crippen molar-refractivity contribution in [3.63, 3.8) is 0 Å². The summed E-state index contributed by atoms with van der Waals surface area (Å²) in [4.78, 5) is 7.81. The molecule has 0 unspecified atom stereocenters. The topological polar surface area (TPSA) is 41.8 Å². The molecule has 0 bridgehead atoms. The van der Waals surface area contributed by atoms with Gasteiger partial charge in [0.1, 0.15) is 16.8 Å². The molecule has 3 nitrogen and oxygen atoms in total. The van der Waals surface area contributed by atoms with Crippen molar-refractivity contribution in [2.75, 3.05) is 0 Å². The summed E-state index contributed by atoms with van der Waals surface area (Å²) in [7, 11) is 0. The highest BCUT2D eigenvalue weighted by molar-refractivity contribution is 6.17. The maximum absolute atomic E-state index is 6.13. The van der Waals surface area contributed by atoms with E-state index in [0.29, 0.717) is 0 Å². The van der Waals surface area contributed by atoms with Crippen LogP contribution < -0.4 is 0 Å². The van der Waals surface area contributed by atoms with Gasteiger partial charge in [-0.05, 0) is 11.6 Å². The number of rotatable bonds is 1. The van der Waals surface area contributed by atoms with Gasteiger partial charge in [0.25, 0.3) is 0 Å². The molecule has 0 amide bonds. The zero-order chi connectivity index (χ0) is 14.5. The summed E-state index contributed by atoms with van der Waals surface area (Å²) in [6.45, 7) is 0. The minimum absolute atomic E-state index is 0.852. The Hall–Kier alpha value is -3.07. The van der Waals surface area contributed by atoms with Crippen LogP contribution in [0.3, 0.4) is 0 Å². The Morgan fingerprint density at radius 3 is 2.59 bits per heavy atom. The average molecular weight is 284 g/mol. The molecular formula is C19H12N2O. The van der Waals surface area contributed by atoms with E-state index in [2.05, 4.69) is 28.2 Å². The van der Waals surface area contributed by atoms with Crippen molar-refractivity contribution in [3.05, 3.63) is 67.0 Å². The number of benzene rings is 2. The van der Waals surface area contributed by atoms with E-state index >= 15 is 0 Å². The van der Waals surface area contributed by atoms with E-state index in [1.165, 1.54) is 0 Å². The Morgan fingerprint density at radius 1 is 0.864 bits per heavy atom. The number of aromatic nitrogens is 2. The summed E-state index contributed by atoms with van der Waals surface area (Å²) in [6.07, 6.45) is 3.88. The van der Waals surface area contributed by atoms with Crippen LogP contribution >= 0.6 is 0 Å². The summed E-state index contributed by atoms with van der Waals surface area (Å²) in [6, 6.07) is 18.4. The Kier molecular flexibility index (Phi) is 2.22. The first-order valence-electron chi connectivity index (χ1n) is 7.24. The molecule has 5 aromatic rings. The zero-order valence-corrected chi connectivity index (χ0v) is 11.7. The molecule has 0 atom stereocenters. The highest BCUT2D eigenvalue weighted by Crippen LogP contribution is 2.37. The molecule has 5 rings (SSSR count). The number of para-hydroxylation sites is 1. The molecule has 22 heavy (non-hydrogen) atoms. The number of aromatic amines is 1. The fourth-order valence-corrected chi connectivity index (χ4v) is 3.10. The minimum Gasteiger partial charge on any atom is -0.455 e. The SMILES string of the molecule is c1ccc(-c2c[nH]c3ncc4c5ccccc5oc4c23)cc1. The van der Waals surface area contributed by atoms with Crippen molar-refractivity contribution in [1.29, 1.82) is 0 Å².